The Bertz CT molecular complexity index is 635. The van der Waals surface area contributed by atoms with Crippen molar-refractivity contribution in [3.63, 3.8) is 0 Å². The number of pyridine rings is 1. The molecule has 0 saturated carbocycles. The van der Waals surface area contributed by atoms with Crippen LogP contribution in [0.4, 0.5) is 4.39 Å². The number of nitrogens with zero attached hydrogens (tertiary/aromatic N) is 2. The molecule has 0 spiro atoms. The van der Waals surface area contributed by atoms with Gasteiger partial charge < -0.3 is 0 Å². The van der Waals surface area contributed by atoms with Crippen molar-refractivity contribution in [2.45, 2.75) is 6.42 Å². The second kappa shape index (κ2) is 5.34. The van der Waals surface area contributed by atoms with Gasteiger partial charge in [-0.3, -0.25) is 0 Å². The predicted octanol–water partition coefficient (Wildman–Crippen LogP) is 4.26. The normalized spacial score (nSPS) is 10.1. The van der Waals surface area contributed by atoms with E-state index in [0.29, 0.717) is 21.2 Å². The third-order valence-corrected chi connectivity index (χ3v) is 3.20. The van der Waals surface area contributed by atoms with Gasteiger partial charge in [-0.05, 0) is 29.3 Å². The fourth-order valence-corrected chi connectivity index (χ4v) is 1.92. The number of halogens is 3. The first-order valence-electron chi connectivity index (χ1n) is 5.08. The molecular weight excluding hydrogens is 274 g/mol. The van der Waals surface area contributed by atoms with Gasteiger partial charge in [-0.1, -0.05) is 29.3 Å². The molecule has 2 rings (SSSR count). The van der Waals surface area contributed by atoms with Crippen LogP contribution < -0.4 is 0 Å². The highest BCUT2D eigenvalue weighted by atomic mass is 35.5. The second-order valence-corrected chi connectivity index (χ2v) is 4.44. The van der Waals surface area contributed by atoms with Crippen LogP contribution in [0.1, 0.15) is 5.56 Å². The van der Waals surface area contributed by atoms with E-state index in [2.05, 4.69) is 4.98 Å². The van der Waals surface area contributed by atoms with Crippen LogP contribution in [-0.4, -0.2) is 4.98 Å². The number of aromatic nitrogens is 1. The maximum Gasteiger partial charge on any atom is 0.213 e. The maximum atomic E-state index is 13.1. The molecule has 90 valence electrons. The first-order chi connectivity index (χ1) is 8.61. The Labute approximate surface area is 114 Å². The van der Waals surface area contributed by atoms with Gasteiger partial charge in [-0.2, -0.15) is 9.65 Å². The van der Waals surface area contributed by atoms with Crippen molar-refractivity contribution in [3.8, 4) is 17.2 Å². The van der Waals surface area contributed by atoms with E-state index in [1.807, 2.05) is 6.07 Å². The lowest BCUT2D eigenvalue weighted by Gasteiger charge is -2.07. The number of hydrogen-bond acceptors (Lipinski definition) is 2. The molecule has 1 heterocycles. The molecule has 0 unspecified atom stereocenters. The molecule has 2 aromatic rings. The molecule has 0 aliphatic rings. The van der Waals surface area contributed by atoms with Crippen LogP contribution in [0.15, 0.2) is 30.5 Å². The van der Waals surface area contributed by atoms with Crippen LogP contribution in [0, 0.1) is 17.3 Å². The molecule has 0 aliphatic heterocycles. The molecule has 2 nitrogen and oxygen atoms in total. The molecule has 18 heavy (non-hydrogen) atoms. The van der Waals surface area contributed by atoms with Crippen molar-refractivity contribution in [3.05, 3.63) is 52.0 Å². The van der Waals surface area contributed by atoms with Gasteiger partial charge in [0, 0.05) is 11.8 Å². The standard InChI is InChI=1S/C13H7Cl2FN2/c14-11-2-1-8(5-12(11)15)10-7-18-13(16)6-9(10)3-4-17/h1-2,5-7H,3H2. The Morgan fingerprint density at radius 3 is 2.67 bits per heavy atom. The van der Waals surface area contributed by atoms with Crippen LogP contribution in [0.5, 0.6) is 0 Å². The van der Waals surface area contributed by atoms with Crippen molar-refractivity contribution in [2.24, 2.45) is 0 Å². The number of rotatable bonds is 2. The van der Waals surface area contributed by atoms with Crippen molar-refractivity contribution in [2.75, 3.05) is 0 Å². The summed E-state index contributed by atoms with van der Waals surface area (Å²) in [6.07, 6.45) is 1.50. The fourth-order valence-electron chi connectivity index (χ4n) is 1.62. The number of benzene rings is 1. The van der Waals surface area contributed by atoms with Gasteiger partial charge in [-0.15, -0.1) is 0 Å². The van der Waals surface area contributed by atoms with Crippen LogP contribution in [-0.2, 0) is 6.42 Å². The minimum Gasteiger partial charge on any atom is -0.228 e. The summed E-state index contributed by atoms with van der Waals surface area (Å²) < 4.78 is 13.1. The SMILES string of the molecule is N#CCc1cc(F)ncc1-c1ccc(Cl)c(Cl)c1. The van der Waals surface area contributed by atoms with E-state index in [1.165, 1.54) is 12.3 Å². The number of hydrogen-bond donors (Lipinski definition) is 0. The van der Waals surface area contributed by atoms with Gasteiger partial charge in [0.25, 0.3) is 0 Å². The van der Waals surface area contributed by atoms with Gasteiger partial charge in [0.05, 0.1) is 22.5 Å². The van der Waals surface area contributed by atoms with E-state index in [-0.39, 0.29) is 6.42 Å². The second-order valence-electron chi connectivity index (χ2n) is 3.63. The molecule has 0 bridgehead atoms. The largest absolute Gasteiger partial charge is 0.228 e. The molecular formula is C13H7Cl2FN2. The third-order valence-electron chi connectivity index (χ3n) is 2.46. The fraction of sp³-hybridized carbons (Fsp3) is 0.0769. The minimum atomic E-state index is -0.607. The van der Waals surface area contributed by atoms with E-state index in [9.17, 15) is 4.39 Å². The molecule has 0 aliphatic carbocycles. The van der Waals surface area contributed by atoms with Crippen molar-refractivity contribution < 1.29 is 4.39 Å². The topological polar surface area (TPSA) is 36.7 Å². The van der Waals surface area contributed by atoms with Crippen LogP contribution in [0.3, 0.4) is 0 Å². The summed E-state index contributed by atoms with van der Waals surface area (Å²) in [7, 11) is 0. The highest BCUT2D eigenvalue weighted by Gasteiger charge is 2.09. The molecule has 1 aromatic carbocycles. The lowest BCUT2D eigenvalue weighted by Crippen LogP contribution is -1.93. The van der Waals surface area contributed by atoms with Gasteiger partial charge in [0.1, 0.15) is 0 Å². The highest BCUT2D eigenvalue weighted by Crippen LogP contribution is 2.30. The molecule has 0 atom stereocenters. The van der Waals surface area contributed by atoms with Gasteiger partial charge >= 0.3 is 0 Å². The van der Waals surface area contributed by atoms with E-state index >= 15 is 0 Å². The number of nitriles is 1. The molecule has 0 saturated heterocycles. The summed E-state index contributed by atoms with van der Waals surface area (Å²) in [6, 6.07) is 8.32. The van der Waals surface area contributed by atoms with Crippen molar-refractivity contribution in [1.29, 1.82) is 5.26 Å². The third kappa shape index (κ3) is 2.61. The van der Waals surface area contributed by atoms with E-state index in [0.717, 1.165) is 5.56 Å². The Morgan fingerprint density at radius 2 is 2.00 bits per heavy atom. The first kappa shape index (κ1) is 12.8. The van der Waals surface area contributed by atoms with E-state index in [4.69, 9.17) is 28.5 Å². The van der Waals surface area contributed by atoms with E-state index in [1.54, 1.807) is 18.2 Å². The quantitative estimate of drug-likeness (QED) is 0.771. The Hall–Kier alpha value is -1.63. The summed E-state index contributed by atoms with van der Waals surface area (Å²) in [6.45, 7) is 0. The Kier molecular flexibility index (Phi) is 3.81. The molecule has 0 N–H and O–H groups in total. The molecule has 0 radical (unpaired) electrons. The minimum absolute atomic E-state index is 0.106. The van der Waals surface area contributed by atoms with Crippen molar-refractivity contribution >= 4 is 23.2 Å². The molecule has 5 heteroatoms. The lowest BCUT2D eigenvalue weighted by atomic mass is 10.0. The average Bonchev–Trinajstić information content (AvgIpc) is 2.34. The summed E-state index contributed by atoms with van der Waals surface area (Å²) in [5, 5.41) is 9.59. The summed E-state index contributed by atoms with van der Waals surface area (Å²) >= 11 is 11.8. The van der Waals surface area contributed by atoms with Crippen LogP contribution in [0.2, 0.25) is 10.0 Å². The van der Waals surface area contributed by atoms with Crippen molar-refractivity contribution in [1.82, 2.24) is 4.98 Å². The van der Waals surface area contributed by atoms with Crippen LogP contribution >= 0.6 is 23.2 Å². The highest BCUT2D eigenvalue weighted by molar-refractivity contribution is 6.42. The van der Waals surface area contributed by atoms with E-state index < -0.39 is 5.95 Å². The Balaban J connectivity index is 2.56. The van der Waals surface area contributed by atoms with Gasteiger partial charge in [0.15, 0.2) is 0 Å². The predicted molar refractivity (Wildman–Crippen MR) is 69.0 cm³/mol. The van der Waals surface area contributed by atoms with Gasteiger partial charge in [0.2, 0.25) is 5.95 Å². The maximum absolute atomic E-state index is 13.1. The van der Waals surface area contributed by atoms with Gasteiger partial charge in [-0.25, -0.2) is 4.98 Å². The zero-order valence-electron chi connectivity index (χ0n) is 9.12. The Morgan fingerprint density at radius 1 is 1.22 bits per heavy atom. The van der Waals surface area contributed by atoms with Crippen LogP contribution in [0.25, 0.3) is 11.1 Å². The summed E-state index contributed by atoms with van der Waals surface area (Å²) in [4.78, 5) is 3.60. The summed E-state index contributed by atoms with van der Waals surface area (Å²) in [5.41, 5.74) is 2.00. The smallest absolute Gasteiger partial charge is 0.213 e. The zero-order valence-corrected chi connectivity index (χ0v) is 10.6. The molecule has 0 amide bonds. The zero-order chi connectivity index (χ0) is 13.1. The molecule has 1 aromatic heterocycles. The first-order valence-corrected chi connectivity index (χ1v) is 5.84. The monoisotopic (exact) mass is 280 g/mol. The summed E-state index contributed by atoms with van der Waals surface area (Å²) in [5.74, 6) is -0.607. The molecule has 0 fully saturated rings. The lowest BCUT2D eigenvalue weighted by molar-refractivity contribution is 0.582. The average molecular weight is 281 g/mol.